The fourth-order valence-corrected chi connectivity index (χ4v) is 2.49. The molecule has 2 aliphatic rings. The first kappa shape index (κ1) is 14.2. The highest BCUT2D eigenvalue weighted by molar-refractivity contribution is 4.89. The van der Waals surface area contributed by atoms with E-state index in [0.717, 1.165) is 6.42 Å². The van der Waals surface area contributed by atoms with E-state index in [9.17, 15) is 5.11 Å². The Balaban J connectivity index is 1.91. The highest BCUT2D eigenvalue weighted by Crippen LogP contribution is 2.33. The van der Waals surface area contributed by atoms with Crippen LogP contribution < -0.4 is 0 Å². The van der Waals surface area contributed by atoms with Crippen LogP contribution in [0.4, 0.5) is 0 Å². The van der Waals surface area contributed by atoms with Gasteiger partial charge in [-0.05, 0) is 34.6 Å². The molecule has 18 heavy (non-hydrogen) atoms. The minimum Gasteiger partial charge on any atom is -0.370 e. The quantitative estimate of drug-likeness (QED) is 0.778. The number of hydrogen-bond acceptors (Lipinski definition) is 5. The molecule has 0 aromatic carbocycles. The van der Waals surface area contributed by atoms with Gasteiger partial charge < -0.3 is 24.1 Å². The predicted molar refractivity (Wildman–Crippen MR) is 65.0 cm³/mol. The van der Waals surface area contributed by atoms with E-state index in [2.05, 4.69) is 0 Å². The van der Waals surface area contributed by atoms with Gasteiger partial charge in [0.1, 0.15) is 6.10 Å². The highest BCUT2D eigenvalue weighted by atomic mass is 16.8. The Labute approximate surface area is 108 Å². The summed E-state index contributed by atoms with van der Waals surface area (Å²) in [5, 5.41) is 9.70. The fourth-order valence-electron chi connectivity index (χ4n) is 2.49. The van der Waals surface area contributed by atoms with Crippen LogP contribution in [0.2, 0.25) is 0 Å². The van der Waals surface area contributed by atoms with E-state index in [1.54, 1.807) is 13.8 Å². The monoisotopic (exact) mass is 260 g/mol. The molecule has 2 fully saturated rings. The Hall–Kier alpha value is -0.200. The number of aliphatic hydroxyl groups is 1. The molecule has 2 saturated heterocycles. The van der Waals surface area contributed by atoms with E-state index in [1.165, 1.54) is 0 Å². The molecule has 0 bridgehead atoms. The second-order valence-electron chi connectivity index (χ2n) is 6.09. The standard InChI is InChI=1S/C13H24O5/c1-8-9(17-12(2,3)14)6-10(16-8)11-7-15-13(4,5)18-11/h8-11,14H,6-7H2,1-5H3/t8?,9-,10+,11?/m1/s1. The summed E-state index contributed by atoms with van der Waals surface area (Å²) in [7, 11) is 0. The predicted octanol–water partition coefficient (Wildman–Crippen LogP) is 1.43. The molecule has 0 aliphatic carbocycles. The largest absolute Gasteiger partial charge is 0.370 e. The van der Waals surface area contributed by atoms with Crippen LogP contribution in [0.1, 0.15) is 41.0 Å². The first-order valence-corrected chi connectivity index (χ1v) is 6.54. The molecule has 0 spiro atoms. The zero-order valence-corrected chi connectivity index (χ0v) is 11.8. The van der Waals surface area contributed by atoms with Crippen LogP contribution >= 0.6 is 0 Å². The third kappa shape index (κ3) is 3.42. The van der Waals surface area contributed by atoms with Gasteiger partial charge in [-0.1, -0.05) is 0 Å². The van der Waals surface area contributed by atoms with E-state index >= 15 is 0 Å². The van der Waals surface area contributed by atoms with Crippen molar-refractivity contribution in [2.24, 2.45) is 0 Å². The molecule has 2 unspecified atom stereocenters. The van der Waals surface area contributed by atoms with E-state index < -0.39 is 11.6 Å². The van der Waals surface area contributed by atoms with Gasteiger partial charge in [0.15, 0.2) is 11.6 Å². The Morgan fingerprint density at radius 3 is 2.44 bits per heavy atom. The van der Waals surface area contributed by atoms with Crippen molar-refractivity contribution in [3.63, 3.8) is 0 Å². The van der Waals surface area contributed by atoms with Gasteiger partial charge in [-0.15, -0.1) is 0 Å². The molecular formula is C13H24O5. The zero-order chi connectivity index (χ0) is 13.6. The molecule has 0 amide bonds. The second-order valence-corrected chi connectivity index (χ2v) is 6.09. The minimum absolute atomic E-state index is 0.0332. The third-order valence-electron chi connectivity index (χ3n) is 3.26. The van der Waals surface area contributed by atoms with Crippen LogP contribution in [0.15, 0.2) is 0 Å². The topological polar surface area (TPSA) is 57.2 Å². The maximum absolute atomic E-state index is 9.70. The molecule has 2 heterocycles. The Kier molecular flexibility index (Phi) is 3.73. The molecule has 1 N–H and O–H groups in total. The summed E-state index contributed by atoms with van der Waals surface area (Å²) < 4.78 is 22.8. The second kappa shape index (κ2) is 4.72. The van der Waals surface area contributed by atoms with Crippen molar-refractivity contribution < 1.29 is 24.1 Å². The average molecular weight is 260 g/mol. The van der Waals surface area contributed by atoms with E-state index in [0.29, 0.717) is 6.61 Å². The average Bonchev–Trinajstić information content (AvgIpc) is 2.69. The number of rotatable bonds is 3. The molecule has 0 radical (unpaired) electrons. The van der Waals surface area contributed by atoms with Crippen LogP contribution in [-0.4, -0.2) is 47.7 Å². The van der Waals surface area contributed by atoms with Gasteiger partial charge in [0.2, 0.25) is 0 Å². The molecule has 5 nitrogen and oxygen atoms in total. The lowest BCUT2D eigenvalue weighted by Crippen LogP contribution is -2.34. The van der Waals surface area contributed by atoms with Crippen LogP contribution in [0, 0.1) is 0 Å². The summed E-state index contributed by atoms with van der Waals surface area (Å²) in [6, 6.07) is 0. The third-order valence-corrected chi connectivity index (χ3v) is 3.26. The maximum Gasteiger partial charge on any atom is 0.163 e. The van der Waals surface area contributed by atoms with Gasteiger partial charge in [-0.2, -0.15) is 0 Å². The summed E-state index contributed by atoms with van der Waals surface area (Å²) in [6.07, 6.45) is 0.470. The minimum atomic E-state index is -1.14. The molecule has 106 valence electrons. The summed E-state index contributed by atoms with van der Waals surface area (Å²) in [4.78, 5) is 0. The van der Waals surface area contributed by atoms with Crippen molar-refractivity contribution in [3.05, 3.63) is 0 Å². The van der Waals surface area contributed by atoms with Gasteiger partial charge in [0.05, 0.1) is 24.9 Å². The van der Waals surface area contributed by atoms with Gasteiger partial charge in [-0.3, -0.25) is 0 Å². The van der Waals surface area contributed by atoms with Gasteiger partial charge in [0.25, 0.3) is 0 Å². The lowest BCUT2D eigenvalue weighted by atomic mass is 10.1. The van der Waals surface area contributed by atoms with Crippen molar-refractivity contribution in [1.82, 2.24) is 0 Å². The van der Waals surface area contributed by atoms with Gasteiger partial charge >= 0.3 is 0 Å². The smallest absolute Gasteiger partial charge is 0.163 e. The lowest BCUT2D eigenvalue weighted by molar-refractivity contribution is -0.212. The van der Waals surface area contributed by atoms with Gasteiger partial charge in [-0.25, -0.2) is 0 Å². The molecule has 0 saturated carbocycles. The Bertz CT molecular complexity index is 296. The SMILES string of the molecule is CC1O[C@H](C2COC(C)(C)O2)C[C@H]1OC(C)(C)O. The summed E-state index contributed by atoms with van der Waals surface area (Å²) in [6.45, 7) is 9.56. The number of hydrogen-bond donors (Lipinski definition) is 1. The molecule has 5 heteroatoms. The molecular weight excluding hydrogens is 236 g/mol. The summed E-state index contributed by atoms with van der Waals surface area (Å²) in [5.41, 5.74) is 0. The van der Waals surface area contributed by atoms with Crippen molar-refractivity contribution in [1.29, 1.82) is 0 Å². The normalized spacial score (nSPS) is 40.3. The van der Waals surface area contributed by atoms with Crippen LogP contribution in [0.25, 0.3) is 0 Å². The zero-order valence-electron chi connectivity index (χ0n) is 11.8. The fraction of sp³-hybridized carbons (Fsp3) is 1.00. The molecule has 0 aromatic rings. The van der Waals surface area contributed by atoms with Crippen molar-refractivity contribution in [2.45, 2.75) is 77.0 Å². The van der Waals surface area contributed by atoms with Crippen molar-refractivity contribution in [3.8, 4) is 0 Å². The number of ether oxygens (including phenoxy) is 4. The maximum atomic E-state index is 9.70. The molecule has 2 rings (SSSR count). The Morgan fingerprint density at radius 2 is 1.94 bits per heavy atom. The first-order valence-electron chi connectivity index (χ1n) is 6.54. The van der Waals surface area contributed by atoms with Gasteiger partial charge in [0, 0.05) is 6.42 Å². The lowest BCUT2D eigenvalue weighted by Gasteiger charge is -2.24. The van der Waals surface area contributed by atoms with Crippen LogP contribution in [0.5, 0.6) is 0 Å². The van der Waals surface area contributed by atoms with Crippen LogP contribution in [0.3, 0.4) is 0 Å². The van der Waals surface area contributed by atoms with Crippen LogP contribution in [-0.2, 0) is 18.9 Å². The summed E-state index contributed by atoms with van der Waals surface area (Å²) in [5.74, 6) is -1.67. The van der Waals surface area contributed by atoms with E-state index in [1.807, 2.05) is 20.8 Å². The summed E-state index contributed by atoms with van der Waals surface area (Å²) >= 11 is 0. The molecule has 4 atom stereocenters. The van der Waals surface area contributed by atoms with E-state index in [-0.39, 0.29) is 24.4 Å². The van der Waals surface area contributed by atoms with Crippen molar-refractivity contribution >= 4 is 0 Å². The van der Waals surface area contributed by atoms with Crippen molar-refractivity contribution in [2.75, 3.05) is 6.61 Å². The van der Waals surface area contributed by atoms with E-state index in [4.69, 9.17) is 18.9 Å². The first-order chi connectivity index (χ1) is 8.16. The molecule has 0 aromatic heterocycles. The molecule has 2 aliphatic heterocycles. The highest BCUT2D eigenvalue weighted by Gasteiger charge is 2.45. The Morgan fingerprint density at radius 1 is 1.28 bits per heavy atom.